The molecule has 0 atom stereocenters. The molecule has 1 rings (SSSR count). The van der Waals surface area contributed by atoms with Crippen LogP contribution in [0.15, 0.2) is 0 Å². The first-order valence-electron chi connectivity index (χ1n) is 6.37. The van der Waals surface area contributed by atoms with Gasteiger partial charge in [-0.3, -0.25) is 0 Å². The molecule has 1 heteroatoms. The van der Waals surface area contributed by atoms with Crippen LogP contribution in [-0.4, -0.2) is 11.6 Å². The number of rotatable bonds is 4. The molecule has 1 aliphatic rings. The third-order valence-electron chi connectivity index (χ3n) is 4.13. The highest BCUT2D eigenvalue weighted by Crippen LogP contribution is 2.26. The molecule has 0 amide bonds. The molecule has 1 N–H and O–H groups in total. The summed E-state index contributed by atoms with van der Waals surface area (Å²) >= 11 is 0. The minimum absolute atomic E-state index is 0.380. The van der Waals surface area contributed by atoms with Gasteiger partial charge in [-0.05, 0) is 51.4 Å². The Bertz CT molecular complexity index is 153. The Labute approximate surface area is 89.7 Å². The molecular formula is C13H27N. The largest absolute Gasteiger partial charge is 0.309 e. The molecule has 1 aliphatic carbocycles. The summed E-state index contributed by atoms with van der Waals surface area (Å²) in [5.41, 5.74) is 0.380. The van der Waals surface area contributed by atoms with Crippen molar-refractivity contribution in [3.8, 4) is 0 Å². The normalized spacial score (nSPS) is 29.1. The van der Waals surface area contributed by atoms with Crippen LogP contribution in [0.5, 0.6) is 0 Å². The van der Waals surface area contributed by atoms with E-state index in [0.717, 1.165) is 12.0 Å². The number of nitrogens with one attached hydrogen (secondary N) is 1. The number of hydrogen-bond donors (Lipinski definition) is 1. The maximum absolute atomic E-state index is 3.85. The molecule has 0 aromatic rings. The topological polar surface area (TPSA) is 12.0 Å². The lowest BCUT2D eigenvalue weighted by Crippen LogP contribution is -2.48. The van der Waals surface area contributed by atoms with E-state index in [0.29, 0.717) is 5.54 Å². The van der Waals surface area contributed by atoms with Gasteiger partial charge in [-0.25, -0.2) is 0 Å². The summed E-state index contributed by atoms with van der Waals surface area (Å²) in [7, 11) is 0. The molecule has 14 heavy (non-hydrogen) atoms. The van der Waals surface area contributed by atoms with Crippen molar-refractivity contribution in [1.29, 1.82) is 0 Å². The Morgan fingerprint density at radius 1 is 1.07 bits per heavy atom. The molecule has 84 valence electrons. The zero-order chi connectivity index (χ0) is 10.6. The van der Waals surface area contributed by atoms with E-state index in [-0.39, 0.29) is 0 Å². The maximum Gasteiger partial charge on any atom is 0.0150 e. The van der Waals surface area contributed by atoms with E-state index in [1.54, 1.807) is 0 Å². The second kappa shape index (κ2) is 5.16. The quantitative estimate of drug-likeness (QED) is 0.724. The average Bonchev–Trinajstić information content (AvgIpc) is 2.21. The molecule has 0 heterocycles. The van der Waals surface area contributed by atoms with E-state index in [9.17, 15) is 0 Å². The molecular weight excluding hydrogens is 170 g/mol. The van der Waals surface area contributed by atoms with Crippen molar-refractivity contribution in [1.82, 2.24) is 5.32 Å². The second-order valence-corrected chi connectivity index (χ2v) is 5.37. The van der Waals surface area contributed by atoms with Crippen molar-refractivity contribution in [2.75, 3.05) is 0 Å². The van der Waals surface area contributed by atoms with Crippen LogP contribution in [0.3, 0.4) is 0 Å². The fraction of sp³-hybridized carbons (Fsp3) is 1.00. The summed E-state index contributed by atoms with van der Waals surface area (Å²) in [5.74, 6) is 0.961. The van der Waals surface area contributed by atoms with Gasteiger partial charge in [0.15, 0.2) is 0 Å². The van der Waals surface area contributed by atoms with Crippen LogP contribution in [0.4, 0.5) is 0 Å². The van der Waals surface area contributed by atoms with Crippen LogP contribution in [0.1, 0.15) is 66.2 Å². The molecule has 0 bridgehead atoms. The van der Waals surface area contributed by atoms with E-state index < -0.39 is 0 Å². The summed E-state index contributed by atoms with van der Waals surface area (Å²) in [6, 6.07) is 0.788. The van der Waals surface area contributed by atoms with E-state index in [1.165, 1.54) is 38.5 Å². The van der Waals surface area contributed by atoms with Crippen molar-refractivity contribution >= 4 is 0 Å². The van der Waals surface area contributed by atoms with Crippen LogP contribution in [0, 0.1) is 5.92 Å². The van der Waals surface area contributed by atoms with Crippen molar-refractivity contribution in [3.05, 3.63) is 0 Å². The highest BCUT2D eigenvalue weighted by Gasteiger charge is 2.25. The van der Waals surface area contributed by atoms with Crippen molar-refractivity contribution < 1.29 is 0 Å². The summed E-state index contributed by atoms with van der Waals surface area (Å²) in [6.07, 6.45) is 8.10. The van der Waals surface area contributed by atoms with Gasteiger partial charge in [0.25, 0.3) is 0 Å². The van der Waals surface area contributed by atoms with Crippen LogP contribution in [-0.2, 0) is 0 Å². The van der Waals surface area contributed by atoms with Gasteiger partial charge in [-0.1, -0.05) is 20.8 Å². The molecule has 0 aromatic carbocycles. The monoisotopic (exact) mass is 197 g/mol. The highest BCUT2D eigenvalue weighted by molar-refractivity contribution is 4.86. The first kappa shape index (κ1) is 12.0. The SMILES string of the molecule is CCC(C)(CC)NC1CCC(C)CC1. The first-order valence-corrected chi connectivity index (χ1v) is 6.37. The Hall–Kier alpha value is -0.0400. The molecule has 1 nitrogen and oxygen atoms in total. The van der Waals surface area contributed by atoms with E-state index >= 15 is 0 Å². The highest BCUT2D eigenvalue weighted by atomic mass is 15.0. The van der Waals surface area contributed by atoms with E-state index in [4.69, 9.17) is 0 Å². The van der Waals surface area contributed by atoms with Crippen LogP contribution in [0.2, 0.25) is 0 Å². The van der Waals surface area contributed by atoms with Crippen LogP contribution >= 0.6 is 0 Å². The Morgan fingerprint density at radius 2 is 1.57 bits per heavy atom. The molecule has 0 aliphatic heterocycles. The summed E-state index contributed by atoms with van der Waals surface area (Å²) in [5, 5.41) is 3.85. The van der Waals surface area contributed by atoms with Crippen LogP contribution in [0.25, 0.3) is 0 Å². The second-order valence-electron chi connectivity index (χ2n) is 5.37. The van der Waals surface area contributed by atoms with Gasteiger partial charge in [0.1, 0.15) is 0 Å². The Balaban J connectivity index is 2.36. The van der Waals surface area contributed by atoms with E-state index in [2.05, 4.69) is 33.0 Å². The third kappa shape index (κ3) is 3.27. The summed E-state index contributed by atoms with van der Waals surface area (Å²) < 4.78 is 0. The van der Waals surface area contributed by atoms with Gasteiger partial charge < -0.3 is 5.32 Å². The lowest BCUT2D eigenvalue weighted by molar-refractivity contribution is 0.227. The predicted octanol–water partition coefficient (Wildman–Crippen LogP) is 3.73. The van der Waals surface area contributed by atoms with Crippen molar-refractivity contribution in [3.63, 3.8) is 0 Å². The summed E-state index contributed by atoms with van der Waals surface area (Å²) in [4.78, 5) is 0. The van der Waals surface area contributed by atoms with Crippen molar-refractivity contribution in [2.24, 2.45) is 5.92 Å². The molecule has 0 aromatic heterocycles. The van der Waals surface area contributed by atoms with Gasteiger partial charge in [0.05, 0.1) is 0 Å². The molecule has 0 unspecified atom stereocenters. The molecule has 0 radical (unpaired) electrons. The van der Waals surface area contributed by atoms with Gasteiger partial charge >= 0.3 is 0 Å². The minimum Gasteiger partial charge on any atom is -0.309 e. The fourth-order valence-corrected chi connectivity index (χ4v) is 2.35. The molecule has 0 saturated heterocycles. The Morgan fingerprint density at radius 3 is 2.00 bits per heavy atom. The minimum atomic E-state index is 0.380. The maximum atomic E-state index is 3.85. The zero-order valence-corrected chi connectivity index (χ0v) is 10.4. The molecule has 0 spiro atoms. The van der Waals surface area contributed by atoms with Crippen molar-refractivity contribution in [2.45, 2.75) is 77.8 Å². The average molecular weight is 197 g/mol. The van der Waals surface area contributed by atoms with Crippen LogP contribution < -0.4 is 5.32 Å². The number of hydrogen-bond acceptors (Lipinski definition) is 1. The van der Waals surface area contributed by atoms with Gasteiger partial charge in [-0.15, -0.1) is 0 Å². The molecule has 1 saturated carbocycles. The fourth-order valence-electron chi connectivity index (χ4n) is 2.35. The molecule has 1 fully saturated rings. The van der Waals surface area contributed by atoms with Gasteiger partial charge in [0, 0.05) is 11.6 Å². The zero-order valence-electron chi connectivity index (χ0n) is 10.4. The van der Waals surface area contributed by atoms with Gasteiger partial charge in [0.2, 0.25) is 0 Å². The van der Waals surface area contributed by atoms with Gasteiger partial charge in [-0.2, -0.15) is 0 Å². The lowest BCUT2D eigenvalue weighted by atomic mass is 9.85. The Kier molecular flexibility index (Phi) is 4.43. The predicted molar refractivity (Wildman–Crippen MR) is 63.5 cm³/mol. The first-order chi connectivity index (χ1) is 6.59. The summed E-state index contributed by atoms with van der Waals surface area (Å²) in [6.45, 7) is 9.34. The lowest BCUT2D eigenvalue weighted by Gasteiger charge is -2.36. The smallest absolute Gasteiger partial charge is 0.0150 e. The van der Waals surface area contributed by atoms with E-state index in [1.807, 2.05) is 0 Å². The third-order valence-corrected chi connectivity index (χ3v) is 4.13. The standard InChI is InChI=1S/C13H27N/c1-5-13(4,6-2)14-12-9-7-11(3)8-10-12/h11-12,14H,5-10H2,1-4H3.